The maximum absolute atomic E-state index is 13.3. The molecule has 3 aromatic rings. The normalized spacial score (nSPS) is 21.1. The molecule has 5 rings (SSSR count). The predicted octanol–water partition coefficient (Wildman–Crippen LogP) is 4.47. The minimum Gasteiger partial charge on any atom is -0.467 e. The van der Waals surface area contributed by atoms with Gasteiger partial charge in [0.15, 0.2) is 0 Å². The molecule has 2 atom stereocenters. The van der Waals surface area contributed by atoms with Crippen LogP contribution in [0.15, 0.2) is 69.7 Å². The van der Waals surface area contributed by atoms with Crippen molar-refractivity contribution in [3.63, 3.8) is 0 Å². The van der Waals surface area contributed by atoms with Crippen LogP contribution in [0.5, 0.6) is 0 Å². The quantitative estimate of drug-likeness (QED) is 0.659. The third-order valence-corrected chi connectivity index (χ3v) is 6.42. The lowest BCUT2D eigenvalue weighted by Gasteiger charge is -2.27. The van der Waals surface area contributed by atoms with E-state index in [1.165, 1.54) is 5.56 Å². The van der Waals surface area contributed by atoms with Gasteiger partial charge in [0.1, 0.15) is 11.8 Å². The van der Waals surface area contributed by atoms with Gasteiger partial charge >= 0.3 is 0 Å². The molecule has 0 unspecified atom stereocenters. The molecule has 1 amide bonds. The summed E-state index contributed by atoms with van der Waals surface area (Å²) < 4.78 is 5.63. The average molecular weight is 391 g/mol. The number of nitrogens with zero attached hydrogens (tertiary/aromatic N) is 3. The van der Waals surface area contributed by atoms with Gasteiger partial charge in [-0.25, -0.2) is 5.01 Å². The summed E-state index contributed by atoms with van der Waals surface area (Å²) in [7, 11) is 0. The molecular weight excluding hydrogens is 370 g/mol. The summed E-state index contributed by atoms with van der Waals surface area (Å²) in [6.45, 7) is 2.48. The maximum atomic E-state index is 13.3. The standard InChI is InChI=1S/C22H21N3O2S/c1-15-12-16-6-2-3-7-18(16)24(15)14-22(26)25-19(20-8-4-10-27-20)13-17(23-25)21-9-5-11-28-21/h2-11,15,19H,12-14H2,1H3/t15-,19-/m0/s1. The molecule has 0 radical (unpaired) electrons. The van der Waals surface area contributed by atoms with Crippen molar-refractivity contribution in [3.05, 3.63) is 76.4 Å². The predicted molar refractivity (Wildman–Crippen MR) is 111 cm³/mol. The molecule has 0 saturated carbocycles. The molecule has 1 aromatic carbocycles. The maximum Gasteiger partial charge on any atom is 0.262 e. The van der Waals surface area contributed by atoms with E-state index in [1.807, 2.05) is 29.6 Å². The number of para-hydroxylation sites is 1. The summed E-state index contributed by atoms with van der Waals surface area (Å²) >= 11 is 1.65. The fourth-order valence-electron chi connectivity index (χ4n) is 4.12. The van der Waals surface area contributed by atoms with Gasteiger partial charge < -0.3 is 9.32 Å². The fraction of sp³-hybridized carbons (Fsp3) is 0.273. The van der Waals surface area contributed by atoms with Crippen LogP contribution in [0, 0.1) is 0 Å². The first-order valence-corrected chi connectivity index (χ1v) is 10.4. The number of anilines is 1. The molecule has 2 aliphatic rings. The van der Waals surface area contributed by atoms with E-state index in [0.29, 0.717) is 19.0 Å². The monoisotopic (exact) mass is 391 g/mol. The van der Waals surface area contributed by atoms with Crippen LogP contribution in [0.3, 0.4) is 0 Å². The number of benzene rings is 1. The summed E-state index contributed by atoms with van der Waals surface area (Å²) in [4.78, 5) is 16.6. The molecule has 28 heavy (non-hydrogen) atoms. The van der Waals surface area contributed by atoms with Crippen LogP contribution in [0.25, 0.3) is 0 Å². The molecular formula is C22H21N3O2S. The molecule has 0 bridgehead atoms. The Morgan fingerprint density at radius 2 is 2.07 bits per heavy atom. The first-order valence-electron chi connectivity index (χ1n) is 9.52. The summed E-state index contributed by atoms with van der Waals surface area (Å²) in [5, 5.41) is 8.38. The van der Waals surface area contributed by atoms with E-state index < -0.39 is 0 Å². The van der Waals surface area contributed by atoms with Gasteiger partial charge in [0.05, 0.1) is 23.4 Å². The molecule has 2 aliphatic heterocycles. The first kappa shape index (κ1) is 17.3. The van der Waals surface area contributed by atoms with E-state index in [1.54, 1.807) is 22.6 Å². The average Bonchev–Trinajstić information content (AvgIpc) is 3.48. The third kappa shape index (κ3) is 2.94. The number of hydrazone groups is 1. The highest BCUT2D eigenvalue weighted by Gasteiger charge is 2.37. The number of hydrogen-bond acceptors (Lipinski definition) is 5. The van der Waals surface area contributed by atoms with E-state index in [2.05, 4.69) is 36.1 Å². The van der Waals surface area contributed by atoms with E-state index >= 15 is 0 Å². The molecule has 0 spiro atoms. The molecule has 2 aromatic heterocycles. The smallest absolute Gasteiger partial charge is 0.262 e. The summed E-state index contributed by atoms with van der Waals surface area (Å²) in [6, 6.07) is 16.3. The van der Waals surface area contributed by atoms with E-state index in [-0.39, 0.29) is 11.9 Å². The van der Waals surface area contributed by atoms with Gasteiger partial charge in [-0.3, -0.25) is 4.79 Å². The number of hydrogen-bond donors (Lipinski definition) is 0. The van der Waals surface area contributed by atoms with E-state index in [4.69, 9.17) is 9.52 Å². The second-order valence-electron chi connectivity index (χ2n) is 7.31. The van der Waals surface area contributed by atoms with Crippen LogP contribution < -0.4 is 4.90 Å². The van der Waals surface area contributed by atoms with Gasteiger partial charge in [-0.1, -0.05) is 24.3 Å². The topological polar surface area (TPSA) is 49.1 Å². The number of furan rings is 1. The van der Waals surface area contributed by atoms with Crippen LogP contribution in [0.2, 0.25) is 0 Å². The Kier molecular flexibility index (Phi) is 4.28. The Balaban J connectivity index is 1.43. The van der Waals surface area contributed by atoms with Crippen LogP contribution in [0.1, 0.15) is 35.6 Å². The van der Waals surface area contributed by atoms with Crippen LogP contribution >= 0.6 is 11.3 Å². The van der Waals surface area contributed by atoms with E-state index in [9.17, 15) is 4.79 Å². The minimum atomic E-state index is -0.187. The summed E-state index contributed by atoms with van der Waals surface area (Å²) in [5.74, 6) is 0.773. The molecule has 0 N–H and O–H groups in total. The summed E-state index contributed by atoms with van der Waals surface area (Å²) in [6.07, 6.45) is 3.29. The number of thiophene rings is 1. The highest BCUT2D eigenvalue weighted by atomic mass is 32.1. The zero-order valence-corrected chi connectivity index (χ0v) is 16.4. The van der Waals surface area contributed by atoms with Crippen molar-refractivity contribution in [3.8, 4) is 0 Å². The van der Waals surface area contributed by atoms with Crippen molar-refractivity contribution in [1.82, 2.24) is 5.01 Å². The fourth-order valence-corrected chi connectivity index (χ4v) is 4.84. The largest absolute Gasteiger partial charge is 0.467 e. The number of amides is 1. The lowest BCUT2D eigenvalue weighted by molar-refractivity contribution is -0.131. The van der Waals surface area contributed by atoms with Crippen LogP contribution in [-0.2, 0) is 11.2 Å². The molecule has 6 heteroatoms. The zero-order chi connectivity index (χ0) is 19.1. The van der Waals surface area contributed by atoms with Gasteiger partial charge in [0.25, 0.3) is 5.91 Å². The van der Waals surface area contributed by atoms with Gasteiger partial charge in [-0.05, 0) is 48.6 Å². The van der Waals surface area contributed by atoms with Crippen molar-refractivity contribution in [2.24, 2.45) is 5.10 Å². The number of carbonyl (C=O) groups excluding carboxylic acids is 1. The summed E-state index contributed by atoms with van der Waals surface area (Å²) in [5.41, 5.74) is 3.40. The lowest BCUT2D eigenvalue weighted by atomic mass is 10.1. The van der Waals surface area contributed by atoms with Crippen molar-refractivity contribution in [2.75, 3.05) is 11.4 Å². The Labute approximate surface area is 167 Å². The SMILES string of the molecule is C[C@H]1Cc2ccccc2N1CC(=O)N1N=C(c2cccs2)C[C@H]1c1ccco1. The van der Waals surface area contributed by atoms with Crippen LogP contribution in [-0.4, -0.2) is 29.2 Å². The number of rotatable bonds is 4. The molecule has 142 valence electrons. The minimum absolute atomic E-state index is 0.00323. The van der Waals surface area contributed by atoms with Gasteiger partial charge in [0, 0.05) is 18.2 Å². The Hall–Kier alpha value is -2.86. The highest BCUT2D eigenvalue weighted by molar-refractivity contribution is 7.12. The van der Waals surface area contributed by atoms with Gasteiger partial charge in [-0.15, -0.1) is 11.3 Å². The number of fused-ring (bicyclic) bond motifs is 1. The highest BCUT2D eigenvalue weighted by Crippen LogP contribution is 2.36. The Bertz CT molecular complexity index is 1010. The van der Waals surface area contributed by atoms with Crippen LogP contribution in [0.4, 0.5) is 5.69 Å². The third-order valence-electron chi connectivity index (χ3n) is 5.50. The van der Waals surface area contributed by atoms with Gasteiger partial charge in [0.2, 0.25) is 0 Å². The molecule has 0 fully saturated rings. The second kappa shape index (κ2) is 6.95. The molecule has 0 saturated heterocycles. The van der Waals surface area contributed by atoms with Crippen molar-refractivity contribution in [1.29, 1.82) is 0 Å². The zero-order valence-electron chi connectivity index (χ0n) is 15.6. The molecule has 4 heterocycles. The van der Waals surface area contributed by atoms with Crippen molar-refractivity contribution < 1.29 is 9.21 Å². The molecule has 5 nitrogen and oxygen atoms in total. The van der Waals surface area contributed by atoms with Gasteiger partial charge in [-0.2, -0.15) is 5.10 Å². The van der Waals surface area contributed by atoms with Crippen molar-refractivity contribution in [2.45, 2.75) is 31.8 Å². The first-order chi connectivity index (χ1) is 13.7. The van der Waals surface area contributed by atoms with Crippen molar-refractivity contribution >= 4 is 28.6 Å². The number of carbonyl (C=O) groups is 1. The lowest BCUT2D eigenvalue weighted by Crippen LogP contribution is -2.40. The Morgan fingerprint density at radius 1 is 1.18 bits per heavy atom. The molecule has 0 aliphatic carbocycles. The van der Waals surface area contributed by atoms with E-state index in [0.717, 1.165) is 28.5 Å². The Morgan fingerprint density at radius 3 is 2.86 bits per heavy atom. The second-order valence-corrected chi connectivity index (χ2v) is 8.26.